The lowest BCUT2D eigenvalue weighted by Crippen LogP contribution is -2.24. The molecule has 0 fully saturated rings. The molecule has 0 aliphatic carbocycles. The molecule has 1 aliphatic heterocycles. The van der Waals surface area contributed by atoms with Gasteiger partial charge in [-0.1, -0.05) is 36.4 Å². The minimum Gasteiger partial charge on any atom is -0.483 e. The van der Waals surface area contributed by atoms with Crippen LogP contribution in [0.1, 0.15) is 5.56 Å². The number of carbonyl (C=O) groups excluding carboxylic acids is 1. The minimum atomic E-state index is -0.338. The lowest BCUT2D eigenvalue weighted by molar-refractivity contribution is -0.123. The number of nitrogens with one attached hydrogen (secondary N) is 1. The van der Waals surface area contributed by atoms with Crippen molar-refractivity contribution in [3.8, 4) is 17.2 Å². The number of nitrogens with zero attached hydrogens (tertiary/aromatic N) is 1. The van der Waals surface area contributed by atoms with Crippen LogP contribution in [-0.4, -0.2) is 25.5 Å². The van der Waals surface area contributed by atoms with Gasteiger partial charge >= 0.3 is 0 Å². The van der Waals surface area contributed by atoms with Crippen molar-refractivity contribution >= 4 is 22.9 Å². The number of hydrogen-bond acceptors (Lipinski definition) is 5. The van der Waals surface area contributed by atoms with Gasteiger partial charge in [0, 0.05) is 5.39 Å². The zero-order chi connectivity index (χ0) is 17.8. The Morgan fingerprint density at radius 3 is 2.88 bits per heavy atom. The predicted octanol–water partition coefficient (Wildman–Crippen LogP) is 3.10. The molecule has 0 saturated heterocycles. The topological polar surface area (TPSA) is 69.2 Å². The molecular formula is C20H16N2O4. The first-order chi connectivity index (χ1) is 12.8. The van der Waals surface area contributed by atoms with E-state index in [1.165, 1.54) is 6.21 Å². The smallest absolute Gasteiger partial charge is 0.277 e. The largest absolute Gasteiger partial charge is 0.483 e. The summed E-state index contributed by atoms with van der Waals surface area (Å²) < 4.78 is 16.2. The Hall–Kier alpha value is -3.54. The molecule has 0 saturated carbocycles. The molecule has 0 aromatic heterocycles. The summed E-state index contributed by atoms with van der Waals surface area (Å²) in [6.07, 6.45) is 1.54. The predicted molar refractivity (Wildman–Crippen MR) is 97.7 cm³/mol. The Morgan fingerprint density at radius 2 is 1.92 bits per heavy atom. The maximum absolute atomic E-state index is 11.9. The fourth-order valence-electron chi connectivity index (χ4n) is 2.67. The summed E-state index contributed by atoms with van der Waals surface area (Å²) in [5.41, 5.74) is 3.25. The van der Waals surface area contributed by atoms with Crippen molar-refractivity contribution in [2.45, 2.75) is 0 Å². The molecular weight excluding hydrogens is 332 g/mol. The molecule has 6 heteroatoms. The Labute approximate surface area is 150 Å². The van der Waals surface area contributed by atoms with Crippen molar-refractivity contribution in [2.24, 2.45) is 5.10 Å². The highest BCUT2D eigenvalue weighted by Crippen LogP contribution is 2.32. The second kappa shape index (κ2) is 7.14. The highest BCUT2D eigenvalue weighted by Gasteiger charge is 2.12. The van der Waals surface area contributed by atoms with Crippen LogP contribution in [-0.2, 0) is 4.79 Å². The number of hydrogen-bond donors (Lipinski definition) is 1. The first-order valence-corrected chi connectivity index (χ1v) is 8.12. The molecule has 1 amide bonds. The number of rotatable bonds is 5. The number of ether oxygens (including phenoxy) is 3. The normalized spacial score (nSPS) is 12.5. The summed E-state index contributed by atoms with van der Waals surface area (Å²) >= 11 is 0. The van der Waals surface area contributed by atoms with Crippen LogP contribution >= 0.6 is 0 Å². The number of benzene rings is 3. The second-order valence-electron chi connectivity index (χ2n) is 5.67. The minimum absolute atomic E-state index is 0.119. The highest BCUT2D eigenvalue weighted by atomic mass is 16.7. The lowest BCUT2D eigenvalue weighted by atomic mass is 10.1. The molecule has 0 bridgehead atoms. The molecule has 0 radical (unpaired) electrons. The van der Waals surface area contributed by atoms with E-state index in [9.17, 15) is 4.79 Å². The SMILES string of the molecule is O=C(COc1cccc2ccccc12)NN=Cc1ccc2c(c1)OCO2. The summed E-state index contributed by atoms with van der Waals surface area (Å²) in [6, 6.07) is 19.0. The van der Waals surface area contributed by atoms with Gasteiger partial charge in [0.2, 0.25) is 6.79 Å². The van der Waals surface area contributed by atoms with Crippen molar-refractivity contribution in [2.75, 3.05) is 13.4 Å². The van der Waals surface area contributed by atoms with Crippen LogP contribution in [0.3, 0.4) is 0 Å². The van der Waals surface area contributed by atoms with Gasteiger partial charge in [0.25, 0.3) is 5.91 Å². The molecule has 1 aliphatic rings. The van der Waals surface area contributed by atoms with Crippen LogP contribution in [0.4, 0.5) is 0 Å². The van der Waals surface area contributed by atoms with E-state index in [0.29, 0.717) is 17.2 Å². The quantitative estimate of drug-likeness (QED) is 0.568. The van der Waals surface area contributed by atoms with Crippen molar-refractivity contribution in [3.05, 3.63) is 66.2 Å². The van der Waals surface area contributed by atoms with Gasteiger partial charge in [0.05, 0.1) is 6.21 Å². The second-order valence-corrected chi connectivity index (χ2v) is 5.67. The molecule has 6 nitrogen and oxygen atoms in total. The van der Waals surface area contributed by atoms with E-state index in [2.05, 4.69) is 10.5 Å². The van der Waals surface area contributed by atoms with E-state index in [0.717, 1.165) is 16.3 Å². The van der Waals surface area contributed by atoms with Gasteiger partial charge < -0.3 is 14.2 Å². The molecule has 130 valence electrons. The van der Waals surface area contributed by atoms with Gasteiger partial charge in [0.15, 0.2) is 18.1 Å². The molecule has 1 N–H and O–H groups in total. The summed E-state index contributed by atoms with van der Waals surface area (Å²) in [6.45, 7) is 0.102. The van der Waals surface area contributed by atoms with Gasteiger partial charge in [0.1, 0.15) is 5.75 Å². The Kier molecular flexibility index (Phi) is 4.38. The average molecular weight is 348 g/mol. The van der Waals surface area contributed by atoms with Crippen LogP contribution < -0.4 is 19.6 Å². The fraction of sp³-hybridized carbons (Fsp3) is 0.100. The summed E-state index contributed by atoms with van der Waals surface area (Å²) in [5.74, 6) is 1.70. The van der Waals surface area contributed by atoms with Crippen LogP contribution in [0, 0.1) is 0 Å². The molecule has 1 heterocycles. The van der Waals surface area contributed by atoms with E-state index in [4.69, 9.17) is 14.2 Å². The third-order valence-electron chi connectivity index (χ3n) is 3.91. The third kappa shape index (κ3) is 3.44. The van der Waals surface area contributed by atoms with Crippen LogP contribution in [0.2, 0.25) is 0 Å². The van der Waals surface area contributed by atoms with Gasteiger partial charge in [-0.2, -0.15) is 5.10 Å². The van der Waals surface area contributed by atoms with Crippen molar-refractivity contribution < 1.29 is 19.0 Å². The molecule has 0 unspecified atom stereocenters. The molecule has 4 rings (SSSR count). The maximum Gasteiger partial charge on any atom is 0.277 e. The van der Waals surface area contributed by atoms with Gasteiger partial charge in [-0.3, -0.25) is 4.79 Å². The Balaban J connectivity index is 1.34. The van der Waals surface area contributed by atoms with E-state index >= 15 is 0 Å². The maximum atomic E-state index is 11.9. The number of fused-ring (bicyclic) bond motifs is 2. The standard InChI is InChI=1S/C20H16N2O4/c23-20(12-24-17-7-3-5-15-4-1-2-6-16(15)17)22-21-11-14-8-9-18-19(10-14)26-13-25-18/h1-11H,12-13H2,(H,22,23). The van der Waals surface area contributed by atoms with Crippen molar-refractivity contribution in [1.29, 1.82) is 0 Å². The molecule has 26 heavy (non-hydrogen) atoms. The summed E-state index contributed by atoms with van der Waals surface area (Å²) in [7, 11) is 0. The molecule has 0 atom stereocenters. The van der Waals surface area contributed by atoms with E-state index in [1.807, 2.05) is 48.5 Å². The first kappa shape index (κ1) is 16.0. The fourth-order valence-corrected chi connectivity index (χ4v) is 2.67. The van der Waals surface area contributed by atoms with E-state index < -0.39 is 0 Å². The Bertz CT molecular complexity index is 979. The van der Waals surface area contributed by atoms with Gasteiger partial charge in [-0.15, -0.1) is 0 Å². The van der Waals surface area contributed by atoms with Crippen LogP contribution in [0.15, 0.2) is 65.8 Å². The van der Waals surface area contributed by atoms with E-state index in [1.54, 1.807) is 12.1 Å². The van der Waals surface area contributed by atoms with E-state index in [-0.39, 0.29) is 19.3 Å². The van der Waals surface area contributed by atoms with Crippen LogP contribution in [0.25, 0.3) is 10.8 Å². The molecule has 3 aromatic carbocycles. The van der Waals surface area contributed by atoms with Gasteiger partial charge in [-0.05, 0) is 35.2 Å². The summed E-state index contributed by atoms with van der Waals surface area (Å²) in [4.78, 5) is 11.9. The first-order valence-electron chi connectivity index (χ1n) is 8.12. The zero-order valence-corrected chi connectivity index (χ0v) is 13.8. The molecule has 0 spiro atoms. The number of amides is 1. The van der Waals surface area contributed by atoms with Crippen molar-refractivity contribution in [1.82, 2.24) is 5.43 Å². The monoisotopic (exact) mass is 348 g/mol. The van der Waals surface area contributed by atoms with Gasteiger partial charge in [-0.25, -0.2) is 5.43 Å². The van der Waals surface area contributed by atoms with Crippen molar-refractivity contribution in [3.63, 3.8) is 0 Å². The summed E-state index contributed by atoms with van der Waals surface area (Å²) in [5, 5.41) is 5.97. The number of carbonyl (C=O) groups is 1. The number of hydrazone groups is 1. The Morgan fingerprint density at radius 1 is 1.08 bits per heavy atom. The van der Waals surface area contributed by atoms with Crippen LogP contribution in [0.5, 0.6) is 17.2 Å². The molecule has 3 aromatic rings. The zero-order valence-electron chi connectivity index (χ0n) is 13.8. The lowest BCUT2D eigenvalue weighted by Gasteiger charge is -2.08. The highest BCUT2D eigenvalue weighted by molar-refractivity contribution is 5.89. The third-order valence-corrected chi connectivity index (χ3v) is 3.91. The average Bonchev–Trinajstić information content (AvgIpc) is 3.14.